The molecular weight excluding hydrogens is 225 g/mol. The Morgan fingerprint density at radius 3 is 1.33 bits per heavy atom. The lowest BCUT2D eigenvalue weighted by Gasteiger charge is -2.10. The van der Waals surface area contributed by atoms with Crippen molar-refractivity contribution in [2.24, 2.45) is 0 Å². The van der Waals surface area contributed by atoms with E-state index in [1.165, 1.54) is 0 Å². The van der Waals surface area contributed by atoms with Gasteiger partial charge in [0.15, 0.2) is 0 Å². The van der Waals surface area contributed by atoms with Crippen LogP contribution in [0.1, 0.15) is 0 Å². The molecule has 0 N–H and O–H groups in total. The van der Waals surface area contributed by atoms with Crippen LogP contribution in [0.3, 0.4) is 0 Å². The molecule has 0 aliphatic carbocycles. The smallest absolute Gasteiger partial charge is 0.409 e. The van der Waals surface area contributed by atoms with Gasteiger partial charge in [-0.15, -0.1) is 0 Å². The van der Waals surface area contributed by atoms with Crippen molar-refractivity contribution >= 4 is 30.0 Å². The first-order valence-electron chi connectivity index (χ1n) is 3.00. The minimum absolute atomic E-state index is 0.0625. The van der Waals surface area contributed by atoms with E-state index in [4.69, 9.17) is 12.3 Å². The maximum atomic E-state index is 10.7. The van der Waals surface area contributed by atoms with Crippen molar-refractivity contribution in [2.45, 2.75) is 6.18 Å². The van der Waals surface area contributed by atoms with E-state index in [0.717, 1.165) is 0 Å². The molecule has 0 aromatic rings. The van der Waals surface area contributed by atoms with E-state index in [9.17, 15) is 13.2 Å². The lowest BCUT2D eigenvalue weighted by molar-refractivity contribution is -0.0795. The molecule has 0 saturated carbocycles. The molecule has 0 bridgehead atoms. The number of hydrogen-bond donors (Lipinski definition) is 0. The van der Waals surface area contributed by atoms with Crippen molar-refractivity contribution in [3.05, 3.63) is 12.7 Å². The van der Waals surface area contributed by atoms with E-state index in [1.54, 1.807) is 0 Å². The normalized spacial score (nSPS) is 23.6. The minimum Gasteiger partial charge on any atom is -0.425 e. The van der Waals surface area contributed by atoms with Gasteiger partial charge in [-0.1, -0.05) is 6.58 Å². The molecule has 9 heteroatoms. The second kappa shape index (κ2) is 6.56. The Hall–Kier alpha value is 0.0606. The van der Waals surface area contributed by atoms with Gasteiger partial charge in [-0.3, -0.25) is 0 Å². The Labute approximate surface area is 75.1 Å². The summed E-state index contributed by atoms with van der Waals surface area (Å²) in [6.07, 6.45) is -4.26. The number of allylic oxidation sites excluding steroid dienone is 1. The first kappa shape index (κ1) is 12.1. The second-order valence-corrected chi connectivity index (χ2v) is 7.32. The molecule has 0 atom stereocenters. The zero-order chi connectivity index (χ0) is 9.45. The Bertz CT molecular complexity index is 114. The lowest BCUT2D eigenvalue weighted by Crippen LogP contribution is -2.23. The highest BCUT2D eigenvalue weighted by Gasteiger charge is 2.19. The molecule has 1 heterocycles. The van der Waals surface area contributed by atoms with Gasteiger partial charge < -0.3 is 12.3 Å². The molecular formula is C3H9F3O3Si3. The molecule has 0 aromatic carbocycles. The van der Waals surface area contributed by atoms with Crippen LogP contribution in [-0.4, -0.2) is 36.2 Å². The molecule has 12 heavy (non-hydrogen) atoms. The second-order valence-electron chi connectivity index (χ2n) is 1.71. The fourth-order valence-electron chi connectivity index (χ4n) is 0.279. The maximum absolute atomic E-state index is 10.7. The quantitative estimate of drug-likeness (QED) is 0.388. The van der Waals surface area contributed by atoms with Crippen molar-refractivity contribution in [3.63, 3.8) is 0 Å². The summed E-state index contributed by atoms with van der Waals surface area (Å²) in [7, 11) is -1.48. The van der Waals surface area contributed by atoms with Crippen LogP contribution in [-0.2, 0) is 12.3 Å². The molecule has 1 aliphatic rings. The molecule has 0 spiro atoms. The predicted molar refractivity (Wildman–Crippen MR) is 45.1 cm³/mol. The van der Waals surface area contributed by atoms with Gasteiger partial charge in [0.2, 0.25) is 0 Å². The summed E-state index contributed by atoms with van der Waals surface area (Å²) in [5.41, 5.74) is 0. The average Bonchev–Trinajstić information content (AvgIpc) is 2.07. The maximum Gasteiger partial charge on any atom is 0.409 e. The minimum atomic E-state index is -4.19. The number of alkyl halides is 3. The highest BCUT2D eigenvalue weighted by molar-refractivity contribution is 6.50. The summed E-state index contributed by atoms with van der Waals surface area (Å²) in [5, 5.41) is 0. The van der Waals surface area contributed by atoms with Crippen LogP contribution in [0.15, 0.2) is 12.7 Å². The Morgan fingerprint density at radius 2 is 1.25 bits per heavy atom. The summed E-state index contributed by atoms with van der Waals surface area (Å²) >= 11 is 0. The molecule has 0 radical (unpaired) electrons. The molecule has 72 valence electrons. The molecule has 3 nitrogen and oxygen atoms in total. The third kappa shape index (κ3) is 10.1. The van der Waals surface area contributed by atoms with Gasteiger partial charge in [-0.2, -0.15) is 13.2 Å². The van der Waals surface area contributed by atoms with E-state index in [-0.39, 0.29) is 6.08 Å². The number of rotatable bonds is 0. The first-order valence-corrected chi connectivity index (χ1v) is 6.46. The predicted octanol–water partition coefficient (Wildman–Crippen LogP) is -1.22. The van der Waals surface area contributed by atoms with Gasteiger partial charge >= 0.3 is 6.18 Å². The van der Waals surface area contributed by atoms with E-state index in [1.807, 2.05) is 0 Å². The van der Waals surface area contributed by atoms with Crippen LogP contribution >= 0.6 is 0 Å². The highest BCUT2D eigenvalue weighted by Crippen LogP contribution is 2.13. The van der Waals surface area contributed by atoms with Gasteiger partial charge in [0.1, 0.15) is 0 Å². The van der Waals surface area contributed by atoms with Gasteiger partial charge in [0.25, 0.3) is 30.0 Å². The van der Waals surface area contributed by atoms with E-state index in [2.05, 4.69) is 6.58 Å². The summed E-state index contributed by atoms with van der Waals surface area (Å²) in [4.78, 5) is 0. The van der Waals surface area contributed by atoms with E-state index < -0.39 is 36.2 Å². The Morgan fingerprint density at radius 1 is 1.00 bits per heavy atom. The molecule has 1 saturated heterocycles. The highest BCUT2D eigenvalue weighted by atomic mass is 28.4. The van der Waals surface area contributed by atoms with Gasteiger partial charge in [0.05, 0.1) is 0 Å². The fraction of sp³-hybridized carbons (Fsp3) is 0.333. The van der Waals surface area contributed by atoms with Gasteiger partial charge in [-0.05, 0) is 0 Å². The summed E-state index contributed by atoms with van der Waals surface area (Å²) in [6.45, 7) is 2.51. The number of hydrogen-bond acceptors (Lipinski definition) is 3. The molecule has 1 aliphatic heterocycles. The first-order chi connectivity index (χ1) is 5.56. The van der Waals surface area contributed by atoms with Crippen molar-refractivity contribution in [1.29, 1.82) is 0 Å². The zero-order valence-corrected chi connectivity index (χ0v) is 10.5. The van der Waals surface area contributed by atoms with Crippen molar-refractivity contribution in [2.75, 3.05) is 0 Å². The molecule has 0 unspecified atom stereocenters. The van der Waals surface area contributed by atoms with Gasteiger partial charge in [0, 0.05) is 6.08 Å². The van der Waals surface area contributed by atoms with Crippen molar-refractivity contribution < 1.29 is 25.5 Å². The average molecular weight is 234 g/mol. The molecule has 1 rings (SSSR count). The third-order valence-electron chi connectivity index (χ3n) is 0.731. The van der Waals surface area contributed by atoms with Crippen LogP contribution in [0.4, 0.5) is 13.2 Å². The Balaban J connectivity index is 0.000000202. The SMILES string of the molecule is C=CC(F)(F)F.O1[SiH2]O[SiH2]O[SiH2]1. The topological polar surface area (TPSA) is 27.7 Å². The van der Waals surface area contributed by atoms with Crippen molar-refractivity contribution in [1.82, 2.24) is 0 Å². The molecule has 0 amide bonds. The zero-order valence-electron chi connectivity index (χ0n) is 6.26. The van der Waals surface area contributed by atoms with Crippen LogP contribution in [0.5, 0.6) is 0 Å². The molecule has 0 aromatic heterocycles. The van der Waals surface area contributed by atoms with Crippen LogP contribution in [0, 0.1) is 0 Å². The summed E-state index contributed by atoms with van der Waals surface area (Å²) < 4.78 is 46.8. The number of halogens is 3. The molecule has 1 fully saturated rings. The van der Waals surface area contributed by atoms with Crippen LogP contribution in [0.25, 0.3) is 0 Å². The largest absolute Gasteiger partial charge is 0.425 e. The van der Waals surface area contributed by atoms with E-state index in [0.29, 0.717) is 0 Å². The summed E-state index contributed by atoms with van der Waals surface area (Å²) in [6, 6.07) is 0. The third-order valence-corrected chi connectivity index (χ3v) is 4.73. The van der Waals surface area contributed by atoms with Crippen LogP contribution < -0.4 is 0 Å². The van der Waals surface area contributed by atoms with Crippen molar-refractivity contribution in [3.8, 4) is 0 Å². The lowest BCUT2D eigenvalue weighted by atomic mass is 10.6. The Kier molecular flexibility index (Phi) is 6.60. The van der Waals surface area contributed by atoms with Crippen LogP contribution in [0.2, 0.25) is 0 Å². The summed E-state index contributed by atoms with van der Waals surface area (Å²) in [5.74, 6) is 0. The van der Waals surface area contributed by atoms with Gasteiger partial charge in [-0.25, -0.2) is 0 Å². The van der Waals surface area contributed by atoms with E-state index >= 15 is 0 Å². The fourth-order valence-corrected chi connectivity index (χ4v) is 5.69. The monoisotopic (exact) mass is 234 g/mol. The standard InChI is InChI=1S/C3H3F3.H6O3Si3/c1-2-3(4,5)6;1-4-2-6-3-5-1/h2H,1H2;4-6H2.